The van der Waals surface area contributed by atoms with Gasteiger partial charge in [0.05, 0.1) is 11.0 Å². The number of thioether (sulfide) groups is 1. The summed E-state index contributed by atoms with van der Waals surface area (Å²) < 4.78 is 12.8. The maximum absolute atomic E-state index is 12.8. The van der Waals surface area contributed by atoms with Crippen molar-refractivity contribution in [3.05, 3.63) is 59.9 Å². The minimum Gasteiger partial charge on any atom is -0.325 e. The zero-order valence-electron chi connectivity index (χ0n) is 13.5. The lowest BCUT2D eigenvalue weighted by atomic mass is 10.2. The molecule has 24 heavy (non-hydrogen) atoms. The number of halogens is 1. The second-order valence-electron chi connectivity index (χ2n) is 5.36. The van der Waals surface area contributed by atoms with Crippen LogP contribution in [0.3, 0.4) is 0 Å². The molecule has 2 aromatic carbocycles. The minimum atomic E-state index is -0.404. The molecule has 2 N–H and O–H groups in total. The van der Waals surface area contributed by atoms with Gasteiger partial charge in [-0.1, -0.05) is 17.7 Å². The van der Waals surface area contributed by atoms with Crippen molar-refractivity contribution in [2.45, 2.75) is 19.1 Å². The van der Waals surface area contributed by atoms with Crippen molar-refractivity contribution >= 4 is 35.0 Å². The molecule has 0 saturated carbocycles. The van der Waals surface area contributed by atoms with Gasteiger partial charge in [0.2, 0.25) is 11.8 Å². The van der Waals surface area contributed by atoms with Crippen molar-refractivity contribution in [2.24, 2.45) is 0 Å². The molecular weight excluding hydrogens is 327 g/mol. The summed E-state index contributed by atoms with van der Waals surface area (Å²) in [6.45, 7) is 3.70. The molecule has 6 heteroatoms. The van der Waals surface area contributed by atoms with Crippen LogP contribution in [0.5, 0.6) is 0 Å². The van der Waals surface area contributed by atoms with E-state index in [9.17, 15) is 14.0 Å². The van der Waals surface area contributed by atoms with E-state index >= 15 is 0 Å². The SMILES string of the molecule is Cc1ccc(NC(=O)CS[C@H](C)C(=O)Nc2ccc(F)cc2)cc1. The lowest BCUT2D eigenvalue weighted by Crippen LogP contribution is -2.25. The van der Waals surface area contributed by atoms with E-state index in [1.54, 1.807) is 6.92 Å². The fourth-order valence-corrected chi connectivity index (χ4v) is 2.57. The van der Waals surface area contributed by atoms with E-state index in [4.69, 9.17) is 0 Å². The Labute approximate surface area is 144 Å². The maximum atomic E-state index is 12.8. The van der Waals surface area contributed by atoms with Crippen molar-refractivity contribution in [3.8, 4) is 0 Å². The van der Waals surface area contributed by atoms with Crippen LogP contribution >= 0.6 is 11.8 Å². The molecule has 126 valence electrons. The van der Waals surface area contributed by atoms with Crippen molar-refractivity contribution in [3.63, 3.8) is 0 Å². The molecule has 0 aliphatic heterocycles. The Morgan fingerprint density at radius 1 is 1.00 bits per heavy atom. The number of rotatable bonds is 6. The van der Waals surface area contributed by atoms with Crippen LogP contribution in [0, 0.1) is 12.7 Å². The number of hydrogen-bond donors (Lipinski definition) is 2. The Morgan fingerprint density at radius 3 is 2.17 bits per heavy atom. The van der Waals surface area contributed by atoms with Gasteiger partial charge < -0.3 is 10.6 Å². The topological polar surface area (TPSA) is 58.2 Å². The Hall–Kier alpha value is -2.34. The van der Waals surface area contributed by atoms with Gasteiger partial charge in [0.1, 0.15) is 5.82 Å². The van der Waals surface area contributed by atoms with Gasteiger partial charge in [-0.25, -0.2) is 4.39 Å². The molecule has 0 radical (unpaired) electrons. The highest BCUT2D eigenvalue weighted by molar-refractivity contribution is 8.01. The van der Waals surface area contributed by atoms with E-state index in [0.29, 0.717) is 5.69 Å². The number of aryl methyl sites for hydroxylation is 1. The lowest BCUT2D eigenvalue weighted by molar-refractivity contribution is -0.115. The first-order valence-electron chi connectivity index (χ1n) is 7.48. The Kier molecular flexibility index (Phi) is 6.37. The van der Waals surface area contributed by atoms with Crippen LogP contribution in [0.25, 0.3) is 0 Å². The van der Waals surface area contributed by atoms with Crippen molar-refractivity contribution in [1.29, 1.82) is 0 Å². The van der Waals surface area contributed by atoms with Gasteiger partial charge in [0, 0.05) is 11.4 Å². The second kappa shape index (κ2) is 8.49. The number of nitrogens with one attached hydrogen (secondary N) is 2. The zero-order chi connectivity index (χ0) is 17.5. The summed E-state index contributed by atoms with van der Waals surface area (Å²) in [6, 6.07) is 13.1. The molecule has 1 atom stereocenters. The van der Waals surface area contributed by atoms with Crippen LogP contribution in [0.2, 0.25) is 0 Å². The van der Waals surface area contributed by atoms with Crippen molar-refractivity contribution < 1.29 is 14.0 Å². The Bertz CT molecular complexity index is 702. The first-order valence-corrected chi connectivity index (χ1v) is 8.53. The van der Waals surface area contributed by atoms with Crippen molar-refractivity contribution in [1.82, 2.24) is 0 Å². The van der Waals surface area contributed by atoms with Crippen molar-refractivity contribution in [2.75, 3.05) is 16.4 Å². The summed E-state index contributed by atoms with van der Waals surface area (Å²) in [5.74, 6) is -0.575. The molecule has 0 fully saturated rings. The van der Waals surface area contributed by atoms with E-state index in [1.165, 1.54) is 36.0 Å². The molecule has 2 amide bonds. The van der Waals surface area contributed by atoms with Crippen LogP contribution in [-0.2, 0) is 9.59 Å². The highest BCUT2D eigenvalue weighted by atomic mass is 32.2. The fraction of sp³-hybridized carbons (Fsp3) is 0.222. The summed E-state index contributed by atoms with van der Waals surface area (Å²) in [4.78, 5) is 24.0. The molecule has 0 bridgehead atoms. The number of hydrogen-bond acceptors (Lipinski definition) is 3. The molecular formula is C18H19FN2O2S. The third-order valence-electron chi connectivity index (χ3n) is 3.28. The summed E-state index contributed by atoms with van der Waals surface area (Å²) in [6.07, 6.45) is 0. The molecule has 0 aliphatic rings. The molecule has 4 nitrogen and oxygen atoms in total. The number of anilines is 2. The summed E-state index contributed by atoms with van der Waals surface area (Å²) >= 11 is 1.24. The quantitative estimate of drug-likeness (QED) is 0.836. The Balaban J connectivity index is 1.77. The van der Waals surface area contributed by atoms with E-state index in [-0.39, 0.29) is 23.4 Å². The predicted molar refractivity (Wildman–Crippen MR) is 96.8 cm³/mol. The van der Waals surface area contributed by atoms with Crippen LogP contribution in [0.15, 0.2) is 48.5 Å². The maximum Gasteiger partial charge on any atom is 0.237 e. The largest absolute Gasteiger partial charge is 0.325 e. The third kappa shape index (κ3) is 5.70. The molecule has 0 aromatic heterocycles. The van der Waals surface area contributed by atoms with Gasteiger partial charge >= 0.3 is 0 Å². The first kappa shape index (κ1) is 18.0. The van der Waals surface area contributed by atoms with Crippen LogP contribution < -0.4 is 10.6 Å². The molecule has 2 rings (SSSR count). The molecule has 0 saturated heterocycles. The highest BCUT2D eigenvalue weighted by Gasteiger charge is 2.15. The lowest BCUT2D eigenvalue weighted by Gasteiger charge is -2.12. The molecule has 2 aromatic rings. The van der Waals surface area contributed by atoms with Gasteiger partial charge in [0.25, 0.3) is 0 Å². The minimum absolute atomic E-state index is 0.162. The van der Waals surface area contributed by atoms with E-state index < -0.39 is 5.25 Å². The zero-order valence-corrected chi connectivity index (χ0v) is 14.3. The smallest absolute Gasteiger partial charge is 0.237 e. The van der Waals surface area contributed by atoms with Crippen LogP contribution in [0.1, 0.15) is 12.5 Å². The fourth-order valence-electron chi connectivity index (χ4n) is 1.89. The van der Waals surface area contributed by atoms with Gasteiger partial charge in [-0.15, -0.1) is 11.8 Å². The van der Waals surface area contributed by atoms with E-state index in [2.05, 4.69) is 10.6 Å². The average Bonchev–Trinajstić information content (AvgIpc) is 2.57. The summed E-state index contributed by atoms with van der Waals surface area (Å²) in [5, 5.41) is 5.07. The van der Waals surface area contributed by atoms with Crippen LogP contribution in [0.4, 0.5) is 15.8 Å². The van der Waals surface area contributed by atoms with Gasteiger partial charge in [-0.3, -0.25) is 9.59 Å². The molecule has 0 aliphatic carbocycles. The summed E-state index contributed by atoms with van der Waals surface area (Å²) in [7, 11) is 0. The highest BCUT2D eigenvalue weighted by Crippen LogP contribution is 2.16. The number of amides is 2. The monoisotopic (exact) mass is 346 g/mol. The van der Waals surface area contributed by atoms with Gasteiger partial charge in [-0.2, -0.15) is 0 Å². The van der Waals surface area contributed by atoms with Crippen LogP contribution in [-0.4, -0.2) is 22.8 Å². The number of benzene rings is 2. The molecule has 0 unspecified atom stereocenters. The number of carbonyl (C=O) groups is 2. The van der Waals surface area contributed by atoms with E-state index in [0.717, 1.165) is 11.3 Å². The third-order valence-corrected chi connectivity index (χ3v) is 4.42. The standard InChI is InChI=1S/C18H19FN2O2S/c1-12-3-7-15(8-4-12)20-17(22)11-24-13(2)18(23)21-16-9-5-14(19)6-10-16/h3-10,13H,11H2,1-2H3,(H,20,22)(H,21,23)/t13-/m1/s1. The van der Waals surface area contributed by atoms with Gasteiger partial charge in [0.15, 0.2) is 0 Å². The first-order chi connectivity index (χ1) is 11.4. The summed E-state index contributed by atoms with van der Waals surface area (Å²) in [5.41, 5.74) is 2.38. The Morgan fingerprint density at radius 2 is 1.54 bits per heavy atom. The average molecular weight is 346 g/mol. The molecule has 0 heterocycles. The predicted octanol–water partition coefficient (Wildman–Crippen LogP) is 3.83. The van der Waals surface area contributed by atoms with Gasteiger partial charge in [-0.05, 0) is 50.2 Å². The number of carbonyl (C=O) groups excluding carboxylic acids is 2. The second-order valence-corrected chi connectivity index (χ2v) is 6.69. The normalized spacial score (nSPS) is 11.6. The van der Waals surface area contributed by atoms with E-state index in [1.807, 2.05) is 31.2 Å². The molecule has 0 spiro atoms.